The second-order valence-electron chi connectivity index (χ2n) is 6.11. The molecule has 9 nitrogen and oxygen atoms in total. The van der Waals surface area contributed by atoms with Gasteiger partial charge in [0.1, 0.15) is 18.3 Å². The minimum atomic E-state index is -1.82. The Morgan fingerprint density at radius 1 is 1.19 bits per heavy atom. The molecule has 0 aliphatic carbocycles. The summed E-state index contributed by atoms with van der Waals surface area (Å²) >= 11 is 0. The second-order valence-corrected chi connectivity index (χ2v) is 6.11. The fourth-order valence-electron chi connectivity index (χ4n) is 3.09. The van der Waals surface area contributed by atoms with Gasteiger partial charge in [-0.3, -0.25) is 19.7 Å². The minimum Gasteiger partial charge on any atom is -0.394 e. The zero-order chi connectivity index (χ0) is 18.7. The van der Waals surface area contributed by atoms with Gasteiger partial charge in [0.05, 0.1) is 6.61 Å². The molecular weight excluding hydrogens is 342 g/mol. The first kappa shape index (κ1) is 18.5. The maximum Gasteiger partial charge on any atom is 0.331 e. The molecule has 0 bridgehead atoms. The van der Waals surface area contributed by atoms with E-state index in [0.717, 1.165) is 16.2 Å². The molecule has 9 heteroatoms. The van der Waals surface area contributed by atoms with Crippen LogP contribution in [-0.2, 0) is 17.0 Å². The minimum absolute atomic E-state index is 0.303. The average Bonchev–Trinajstić information content (AvgIpc) is 2.88. The van der Waals surface area contributed by atoms with E-state index in [1.54, 1.807) is 0 Å². The van der Waals surface area contributed by atoms with Crippen molar-refractivity contribution < 1.29 is 20.1 Å². The summed E-state index contributed by atoms with van der Waals surface area (Å²) in [6.07, 6.45) is -2.31. The first-order valence-corrected chi connectivity index (χ1v) is 8.24. The van der Waals surface area contributed by atoms with Gasteiger partial charge in [0.2, 0.25) is 5.85 Å². The summed E-state index contributed by atoms with van der Waals surface area (Å²) in [5.74, 6) is -1.82. The Balaban J connectivity index is 1.92. The van der Waals surface area contributed by atoms with E-state index >= 15 is 0 Å². The summed E-state index contributed by atoms with van der Waals surface area (Å²) in [6.45, 7) is -0.240. The van der Waals surface area contributed by atoms with Gasteiger partial charge >= 0.3 is 5.69 Å². The smallest absolute Gasteiger partial charge is 0.331 e. The van der Waals surface area contributed by atoms with Crippen LogP contribution in [0.4, 0.5) is 0 Å². The number of hydrogen-bond donors (Lipinski definition) is 5. The highest BCUT2D eigenvalue weighted by molar-refractivity contribution is 5.15. The van der Waals surface area contributed by atoms with Crippen molar-refractivity contribution >= 4 is 0 Å². The third-order valence-electron chi connectivity index (χ3n) is 4.43. The predicted octanol–water partition coefficient (Wildman–Crippen LogP) is -1.91. The van der Waals surface area contributed by atoms with Gasteiger partial charge in [-0.2, -0.15) is 0 Å². The maximum absolute atomic E-state index is 12.2. The van der Waals surface area contributed by atoms with E-state index in [0.29, 0.717) is 13.0 Å². The van der Waals surface area contributed by atoms with Gasteiger partial charge in [0, 0.05) is 18.8 Å². The topological polar surface area (TPSA) is 137 Å². The van der Waals surface area contributed by atoms with Gasteiger partial charge in [-0.25, -0.2) is 4.79 Å². The Labute approximate surface area is 148 Å². The summed E-state index contributed by atoms with van der Waals surface area (Å²) < 4.78 is 6.62. The summed E-state index contributed by atoms with van der Waals surface area (Å²) in [4.78, 5) is 25.7. The molecule has 0 spiro atoms. The number of benzene rings is 1. The van der Waals surface area contributed by atoms with Crippen LogP contribution in [0, 0.1) is 0 Å². The Bertz CT molecular complexity index is 851. The molecule has 1 aromatic carbocycles. The van der Waals surface area contributed by atoms with Crippen molar-refractivity contribution in [3.05, 3.63) is 69.0 Å². The molecule has 2 aromatic rings. The number of aromatic nitrogens is 2. The molecule has 1 aliphatic rings. The van der Waals surface area contributed by atoms with Gasteiger partial charge in [-0.1, -0.05) is 30.3 Å². The van der Waals surface area contributed by atoms with Crippen molar-refractivity contribution in [3.63, 3.8) is 0 Å². The molecule has 3 rings (SSSR count). The van der Waals surface area contributed by atoms with Gasteiger partial charge in [0.15, 0.2) is 0 Å². The highest BCUT2D eigenvalue weighted by Crippen LogP contribution is 2.32. The van der Waals surface area contributed by atoms with Crippen LogP contribution < -0.4 is 16.6 Å². The third kappa shape index (κ3) is 3.35. The molecule has 4 atom stereocenters. The monoisotopic (exact) mass is 363 g/mol. The fraction of sp³-hybridized carbons (Fsp3) is 0.412. The second kappa shape index (κ2) is 7.52. The molecule has 0 radical (unpaired) electrons. The average molecular weight is 363 g/mol. The van der Waals surface area contributed by atoms with Crippen LogP contribution in [0.1, 0.15) is 5.56 Å². The molecule has 1 aromatic heterocycles. The van der Waals surface area contributed by atoms with Gasteiger partial charge in [0.25, 0.3) is 5.56 Å². The number of nitrogens with zero attached hydrogens (tertiary/aromatic N) is 1. The lowest BCUT2D eigenvalue weighted by molar-refractivity contribution is -0.172. The van der Waals surface area contributed by atoms with Crippen LogP contribution in [0.3, 0.4) is 0 Å². The van der Waals surface area contributed by atoms with E-state index in [9.17, 15) is 24.9 Å². The van der Waals surface area contributed by atoms with Gasteiger partial charge in [-0.15, -0.1) is 0 Å². The third-order valence-corrected chi connectivity index (χ3v) is 4.43. The van der Waals surface area contributed by atoms with E-state index < -0.39 is 42.0 Å². The van der Waals surface area contributed by atoms with Crippen LogP contribution in [0.15, 0.2) is 52.2 Å². The number of hydrogen-bond acceptors (Lipinski definition) is 7. The largest absolute Gasteiger partial charge is 0.394 e. The van der Waals surface area contributed by atoms with Crippen LogP contribution in [0.25, 0.3) is 0 Å². The van der Waals surface area contributed by atoms with Crippen molar-refractivity contribution in [3.8, 4) is 0 Å². The van der Waals surface area contributed by atoms with Crippen LogP contribution in [-0.4, -0.2) is 56.3 Å². The molecule has 140 valence electrons. The van der Waals surface area contributed by atoms with Crippen molar-refractivity contribution in [1.82, 2.24) is 14.9 Å². The summed E-state index contributed by atoms with van der Waals surface area (Å²) in [6, 6.07) is 10.6. The molecule has 1 saturated heterocycles. The van der Waals surface area contributed by atoms with E-state index in [-0.39, 0.29) is 0 Å². The lowest BCUT2D eigenvalue weighted by atomic mass is 10.1. The lowest BCUT2D eigenvalue weighted by Crippen LogP contribution is -2.60. The number of aliphatic hydroxyl groups is 3. The van der Waals surface area contributed by atoms with Crippen molar-refractivity contribution in [2.75, 3.05) is 13.2 Å². The van der Waals surface area contributed by atoms with E-state index in [2.05, 4.69) is 10.3 Å². The zero-order valence-electron chi connectivity index (χ0n) is 13.9. The number of aromatic amines is 1. The van der Waals surface area contributed by atoms with Crippen LogP contribution >= 0.6 is 0 Å². The predicted molar refractivity (Wildman–Crippen MR) is 91.4 cm³/mol. The molecule has 1 aliphatic heterocycles. The molecule has 26 heavy (non-hydrogen) atoms. The first-order valence-electron chi connectivity index (χ1n) is 8.24. The van der Waals surface area contributed by atoms with Crippen molar-refractivity contribution in [2.45, 2.75) is 30.6 Å². The zero-order valence-corrected chi connectivity index (χ0v) is 13.9. The van der Waals surface area contributed by atoms with Gasteiger partial charge in [-0.05, 0) is 12.0 Å². The van der Waals surface area contributed by atoms with E-state index in [4.69, 9.17) is 4.74 Å². The molecule has 1 fully saturated rings. The van der Waals surface area contributed by atoms with Crippen LogP contribution in [0.2, 0.25) is 0 Å². The number of rotatable bonds is 6. The summed E-state index contributed by atoms with van der Waals surface area (Å²) in [5, 5.41) is 33.1. The van der Waals surface area contributed by atoms with Crippen molar-refractivity contribution in [2.24, 2.45) is 0 Å². The fourth-order valence-corrected chi connectivity index (χ4v) is 3.09. The Kier molecular flexibility index (Phi) is 5.35. The molecule has 0 amide bonds. The Morgan fingerprint density at radius 3 is 2.54 bits per heavy atom. The number of aliphatic hydroxyl groups excluding tert-OH is 3. The van der Waals surface area contributed by atoms with Crippen molar-refractivity contribution in [1.29, 1.82) is 0 Å². The number of H-pyrrole nitrogens is 1. The Hall–Kier alpha value is -2.30. The summed E-state index contributed by atoms with van der Waals surface area (Å²) in [7, 11) is 0. The standard InChI is InChI=1S/C17H21N3O6/c21-10-12-14(23)15(24)17(26-12,20-9-7-13(22)19-16(20)25)18-8-6-11-4-2-1-3-5-11/h1-5,7,9,12,14-15,18,21,23-24H,6,8,10H2,(H,19,22,25)/t12-,14-,15-,17-/m1/s1. The van der Waals surface area contributed by atoms with E-state index in [1.165, 1.54) is 6.20 Å². The molecule has 2 heterocycles. The number of nitrogens with one attached hydrogen (secondary N) is 2. The quantitative estimate of drug-likeness (QED) is 0.404. The first-order chi connectivity index (χ1) is 12.5. The highest BCUT2D eigenvalue weighted by Gasteiger charge is 2.55. The van der Waals surface area contributed by atoms with Gasteiger partial charge < -0.3 is 20.1 Å². The number of ether oxygens (including phenoxy) is 1. The highest BCUT2D eigenvalue weighted by atomic mass is 16.6. The SMILES string of the molecule is O=c1ccn([C@@]2(NCCc3ccccc3)O[C@H](CO)[C@@H](O)[C@H]2O)c(=O)[nH]1. The van der Waals surface area contributed by atoms with Crippen LogP contribution in [0.5, 0.6) is 0 Å². The lowest BCUT2D eigenvalue weighted by Gasteiger charge is -2.34. The molecule has 5 N–H and O–H groups in total. The summed E-state index contributed by atoms with van der Waals surface area (Å²) in [5.41, 5.74) is -0.386. The maximum atomic E-state index is 12.2. The molecule has 0 saturated carbocycles. The normalized spacial score (nSPS) is 28.3. The molecule has 0 unspecified atom stereocenters. The molecular formula is C17H21N3O6. The van der Waals surface area contributed by atoms with E-state index in [1.807, 2.05) is 30.3 Å². The Morgan fingerprint density at radius 2 is 1.92 bits per heavy atom.